The van der Waals surface area contributed by atoms with Crippen LogP contribution in [0.4, 0.5) is 5.69 Å². The van der Waals surface area contributed by atoms with Gasteiger partial charge in [-0.1, -0.05) is 18.6 Å². The number of nitrogens with one attached hydrogen (secondary N) is 1. The van der Waals surface area contributed by atoms with E-state index < -0.39 is 0 Å². The second-order valence-corrected chi connectivity index (χ2v) is 5.84. The van der Waals surface area contributed by atoms with Gasteiger partial charge in [0.15, 0.2) is 0 Å². The maximum atomic E-state index is 3.65. The van der Waals surface area contributed by atoms with E-state index in [1.54, 1.807) is 5.56 Å². The maximum Gasteiger partial charge on any atom is 0.0396 e. The maximum absolute atomic E-state index is 3.65. The summed E-state index contributed by atoms with van der Waals surface area (Å²) < 4.78 is 0. The summed E-state index contributed by atoms with van der Waals surface area (Å²) >= 11 is 0. The summed E-state index contributed by atoms with van der Waals surface area (Å²) in [7, 11) is 2.21. The smallest absolute Gasteiger partial charge is 0.0396 e. The van der Waals surface area contributed by atoms with Crippen LogP contribution in [0.3, 0.4) is 0 Å². The number of hydrogen-bond donors (Lipinski definition) is 1. The predicted octanol–water partition coefficient (Wildman–Crippen LogP) is 2.75. The van der Waals surface area contributed by atoms with E-state index in [0.717, 1.165) is 0 Å². The third-order valence-electron chi connectivity index (χ3n) is 4.39. The van der Waals surface area contributed by atoms with E-state index in [1.807, 2.05) is 0 Å². The highest BCUT2D eigenvalue weighted by Crippen LogP contribution is 2.27. The van der Waals surface area contributed by atoms with Gasteiger partial charge in [0.05, 0.1) is 0 Å². The summed E-state index contributed by atoms with van der Waals surface area (Å²) in [6.45, 7) is 2.41. The van der Waals surface area contributed by atoms with E-state index in [-0.39, 0.29) is 0 Å². The molecular formula is C16H24N2. The lowest BCUT2D eigenvalue weighted by Gasteiger charge is -2.29. The van der Waals surface area contributed by atoms with Crippen LogP contribution in [0.15, 0.2) is 18.2 Å². The molecule has 1 saturated heterocycles. The molecule has 1 atom stereocenters. The van der Waals surface area contributed by atoms with E-state index in [0.29, 0.717) is 6.04 Å². The molecule has 1 aromatic carbocycles. The Morgan fingerprint density at radius 2 is 2.22 bits per heavy atom. The molecule has 2 nitrogen and oxygen atoms in total. The van der Waals surface area contributed by atoms with E-state index in [9.17, 15) is 0 Å². The molecule has 0 aromatic heterocycles. The summed E-state index contributed by atoms with van der Waals surface area (Å²) in [6.07, 6.45) is 7.85. The molecular weight excluding hydrogens is 220 g/mol. The number of aryl methyl sites for hydroxylation is 1. The fourth-order valence-corrected chi connectivity index (χ4v) is 3.35. The summed E-state index contributed by atoms with van der Waals surface area (Å²) in [4.78, 5) is 2.39. The molecule has 2 heteroatoms. The van der Waals surface area contributed by atoms with Crippen molar-refractivity contribution in [3.05, 3.63) is 29.3 Å². The van der Waals surface area contributed by atoms with Gasteiger partial charge in [0, 0.05) is 25.3 Å². The third-order valence-corrected chi connectivity index (χ3v) is 4.39. The summed E-state index contributed by atoms with van der Waals surface area (Å²) in [5.74, 6) is 0. The lowest BCUT2D eigenvalue weighted by molar-refractivity contribution is 0.399. The van der Waals surface area contributed by atoms with Crippen LogP contribution in [0.2, 0.25) is 0 Å². The van der Waals surface area contributed by atoms with Crippen molar-refractivity contribution in [2.45, 2.75) is 44.6 Å². The third kappa shape index (κ3) is 2.54. The largest absolute Gasteiger partial charge is 0.374 e. The van der Waals surface area contributed by atoms with Crippen LogP contribution < -0.4 is 10.2 Å². The Kier molecular flexibility index (Phi) is 3.55. The van der Waals surface area contributed by atoms with Crippen molar-refractivity contribution in [1.29, 1.82) is 0 Å². The highest BCUT2D eigenvalue weighted by Gasteiger charge is 2.16. The SMILES string of the molecule is CN1CCCc2cc(CC3CCCCN3)ccc21. The molecule has 1 unspecified atom stereocenters. The molecule has 2 heterocycles. The molecule has 3 rings (SSSR count). The zero-order valence-corrected chi connectivity index (χ0v) is 11.4. The van der Waals surface area contributed by atoms with Gasteiger partial charge in [-0.25, -0.2) is 0 Å². The average Bonchev–Trinajstić information content (AvgIpc) is 2.40. The van der Waals surface area contributed by atoms with Crippen molar-refractivity contribution >= 4 is 5.69 Å². The lowest BCUT2D eigenvalue weighted by atomic mass is 9.94. The lowest BCUT2D eigenvalue weighted by Crippen LogP contribution is -2.35. The van der Waals surface area contributed by atoms with Crippen LogP contribution in [0.25, 0.3) is 0 Å². The fourth-order valence-electron chi connectivity index (χ4n) is 3.35. The molecule has 1 aromatic rings. The summed E-state index contributed by atoms with van der Waals surface area (Å²) in [5, 5.41) is 3.65. The van der Waals surface area contributed by atoms with Crippen molar-refractivity contribution in [1.82, 2.24) is 5.32 Å². The molecule has 0 spiro atoms. The number of fused-ring (bicyclic) bond motifs is 1. The number of hydrogen-bond acceptors (Lipinski definition) is 2. The average molecular weight is 244 g/mol. The van der Waals surface area contributed by atoms with Gasteiger partial charge in [0.25, 0.3) is 0 Å². The van der Waals surface area contributed by atoms with Gasteiger partial charge >= 0.3 is 0 Å². The Morgan fingerprint density at radius 1 is 1.28 bits per heavy atom. The molecule has 2 aliphatic heterocycles. The van der Waals surface area contributed by atoms with Gasteiger partial charge in [-0.05, 0) is 55.8 Å². The highest BCUT2D eigenvalue weighted by molar-refractivity contribution is 5.56. The van der Waals surface area contributed by atoms with Gasteiger partial charge in [-0.2, -0.15) is 0 Å². The molecule has 98 valence electrons. The minimum Gasteiger partial charge on any atom is -0.374 e. The minimum absolute atomic E-state index is 0.707. The Hall–Kier alpha value is -1.02. The van der Waals surface area contributed by atoms with Crippen LogP contribution in [-0.4, -0.2) is 26.2 Å². The van der Waals surface area contributed by atoms with Crippen LogP contribution in [-0.2, 0) is 12.8 Å². The van der Waals surface area contributed by atoms with Crippen LogP contribution in [0.5, 0.6) is 0 Å². The van der Waals surface area contributed by atoms with E-state index in [1.165, 1.54) is 62.9 Å². The summed E-state index contributed by atoms with van der Waals surface area (Å²) in [5.41, 5.74) is 4.52. The first-order valence-corrected chi connectivity index (χ1v) is 7.39. The Labute approximate surface area is 110 Å². The highest BCUT2D eigenvalue weighted by atomic mass is 15.1. The molecule has 0 bridgehead atoms. The van der Waals surface area contributed by atoms with Gasteiger partial charge in [0.1, 0.15) is 0 Å². The van der Waals surface area contributed by atoms with Crippen LogP contribution in [0, 0.1) is 0 Å². The number of rotatable bonds is 2. The zero-order chi connectivity index (χ0) is 12.4. The Bertz CT molecular complexity index is 408. The normalized spacial score (nSPS) is 23.8. The fraction of sp³-hybridized carbons (Fsp3) is 0.625. The summed E-state index contributed by atoms with van der Waals surface area (Å²) in [6, 6.07) is 7.81. The molecule has 0 radical (unpaired) electrons. The molecule has 18 heavy (non-hydrogen) atoms. The molecule has 0 aliphatic carbocycles. The number of piperidine rings is 1. The zero-order valence-electron chi connectivity index (χ0n) is 11.4. The van der Waals surface area contributed by atoms with Gasteiger partial charge in [-0.15, -0.1) is 0 Å². The van der Waals surface area contributed by atoms with Crippen molar-refractivity contribution < 1.29 is 0 Å². The van der Waals surface area contributed by atoms with Crippen LogP contribution in [0.1, 0.15) is 36.8 Å². The molecule has 0 saturated carbocycles. The quantitative estimate of drug-likeness (QED) is 0.860. The topological polar surface area (TPSA) is 15.3 Å². The van der Waals surface area contributed by atoms with E-state index in [2.05, 4.69) is 35.5 Å². The van der Waals surface area contributed by atoms with E-state index in [4.69, 9.17) is 0 Å². The van der Waals surface area contributed by atoms with Crippen molar-refractivity contribution in [3.63, 3.8) is 0 Å². The monoisotopic (exact) mass is 244 g/mol. The number of nitrogens with zero attached hydrogens (tertiary/aromatic N) is 1. The molecule has 2 aliphatic rings. The van der Waals surface area contributed by atoms with Crippen molar-refractivity contribution in [2.75, 3.05) is 25.0 Å². The molecule has 0 amide bonds. The van der Waals surface area contributed by atoms with Gasteiger partial charge < -0.3 is 10.2 Å². The van der Waals surface area contributed by atoms with Crippen molar-refractivity contribution in [3.8, 4) is 0 Å². The Balaban J connectivity index is 1.73. The standard InChI is InChI=1S/C16H24N2/c1-18-10-4-5-14-11-13(7-8-16(14)18)12-15-6-2-3-9-17-15/h7-8,11,15,17H,2-6,9-10,12H2,1H3. The number of benzene rings is 1. The van der Waals surface area contributed by atoms with Gasteiger partial charge in [-0.3, -0.25) is 0 Å². The van der Waals surface area contributed by atoms with Crippen LogP contribution >= 0.6 is 0 Å². The second-order valence-electron chi connectivity index (χ2n) is 5.84. The predicted molar refractivity (Wildman–Crippen MR) is 77.4 cm³/mol. The van der Waals surface area contributed by atoms with Gasteiger partial charge in [0.2, 0.25) is 0 Å². The number of anilines is 1. The molecule has 1 N–H and O–H groups in total. The second kappa shape index (κ2) is 5.31. The van der Waals surface area contributed by atoms with Crippen molar-refractivity contribution in [2.24, 2.45) is 0 Å². The first-order valence-electron chi connectivity index (χ1n) is 7.39. The molecule has 1 fully saturated rings. The first kappa shape index (κ1) is 12.0. The minimum atomic E-state index is 0.707. The Morgan fingerprint density at radius 3 is 3.06 bits per heavy atom. The van der Waals surface area contributed by atoms with E-state index >= 15 is 0 Å². The first-order chi connectivity index (χ1) is 8.83.